The van der Waals surface area contributed by atoms with Crippen molar-refractivity contribution in [1.82, 2.24) is 15.5 Å². The molecule has 0 unspecified atom stereocenters. The van der Waals surface area contributed by atoms with Crippen LogP contribution in [-0.4, -0.2) is 30.8 Å². The molecule has 1 N–H and O–H groups in total. The molecule has 0 fully saturated rings. The molecule has 0 amide bonds. The predicted molar refractivity (Wildman–Crippen MR) is 72.3 cm³/mol. The van der Waals surface area contributed by atoms with E-state index in [4.69, 9.17) is 9.26 Å². The molecule has 0 aliphatic rings. The van der Waals surface area contributed by atoms with Crippen LogP contribution in [0.15, 0.2) is 28.8 Å². The van der Waals surface area contributed by atoms with Gasteiger partial charge >= 0.3 is 0 Å². The number of aromatic nitrogens is 2. The summed E-state index contributed by atoms with van der Waals surface area (Å²) < 4.78 is 10.4. The summed E-state index contributed by atoms with van der Waals surface area (Å²) in [7, 11) is 3.59. The van der Waals surface area contributed by atoms with Gasteiger partial charge in [-0.15, -0.1) is 0 Å². The molecule has 1 aromatic heterocycles. The molecular weight excluding hydrogens is 242 g/mol. The van der Waals surface area contributed by atoms with E-state index in [1.54, 1.807) is 7.11 Å². The van der Waals surface area contributed by atoms with Crippen LogP contribution >= 0.6 is 0 Å². The molecule has 0 bridgehead atoms. The lowest BCUT2D eigenvalue weighted by atomic mass is 10.1. The van der Waals surface area contributed by atoms with Crippen molar-refractivity contribution in [3.8, 4) is 5.75 Å². The number of benzene rings is 1. The number of hydrogen-bond donors (Lipinski definition) is 1. The van der Waals surface area contributed by atoms with E-state index >= 15 is 0 Å². The van der Waals surface area contributed by atoms with Crippen LogP contribution in [0.1, 0.15) is 23.7 Å². The molecule has 1 heterocycles. The van der Waals surface area contributed by atoms with E-state index in [-0.39, 0.29) is 0 Å². The van der Waals surface area contributed by atoms with Crippen LogP contribution in [0.2, 0.25) is 0 Å². The summed E-state index contributed by atoms with van der Waals surface area (Å²) in [5.74, 6) is 2.26. The van der Waals surface area contributed by atoms with Crippen LogP contribution in [0.25, 0.3) is 0 Å². The molecule has 1 aromatic carbocycles. The highest BCUT2D eigenvalue weighted by Crippen LogP contribution is 2.15. The minimum atomic E-state index is 0.635. The van der Waals surface area contributed by atoms with Gasteiger partial charge in [0.15, 0.2) is 5.82 Å². The SMILES string of the molecule is CNCCCc1noc(Cc2cccc(OC)c2)n1. The Labute approximate surface area is 113 Å². The molecule has 0 radical (unpaired) electrons. The van der Waals surface area contributed by atoms with Crippen molar-refractivity contribution in [3.63, 3.8) is 0 Å². The maximum absolute atomic E-state index is 5.25. The second kappa shape index (κ2) is 6.89. The zero-order valence-electron chi connectivity index (χ0n) is 11.3. The fourth-order valence-electron chi connectivity index (χ4n) is 1.84. The first-order valence-electron chi connectivity index (χ1n) is 6.41. The Morgan fingerprint density at radius 1 is 1.37 bits per heavy atom. The fourth-order valence-corrected chi connectivity index (χ4v) is 1.84. The number of hydrogen-bond acceptors (Lipinski definition) is 5. The maximum atomic E-state index is 5.25. The van der Waals surface area contributed by atoms with E-state index in [1.165, 1.54) is 0 Å². The molecule has 2 aromatic rings. The van der Waals surface area contributed by atoms with Crippen molar-refractivity contribution >= 4 is 0 Å². The van der Waals surface area contributed by atoms with Gasteiger partial charge < -0.3 is 14.6 Å². The number of nitrogens with zero attached hydrogens (tertiary/aromatic N) is 2. The number of methoxy groups -OCH3 is 1. The van der Waals surface area contributed by atoms with Gasteiger partial charge in [-0.3, -0.25) is 0 Å². The highest BCUT2D eigenvalue weighted by molar-refractivity contribution is 5.29. The van der Waals surface area contributed by atoms with E-state index in [0.717, 1.165) is 36.5 Å². The lowest BCUT2D eigenvalue weighted by molar-refractivity contribution is 0.378. The Bertz CT molecular complexity index is 511. The Balaban J connectivity index is 1.95. The number of nitrogens with one attached hydrogen (secondary N) is 1. The van der Waals surface area contributed by atoms with Crippen LogP contribution in [-0.2, 0) is 12.8 Å². The quantitative estimate of drug-likeness (QED) is 0.770. The molecule has 5 heteroatoms. The van der Waals surface area contributed by atoms with Crippen molar-refractivity contribution in [2.75, 3.05) is 20.7 Å². The van der Waals surface area contributed by atoms with Crippen LogP contribution in [0.4, 0.5) is 0 Å². The molecule has 0 aliphatic carbocycles. The van der Waals surface area contributed by atoms with Crippen molar-refractivity contribution in [1.29, 1.82) is 0 Å². The molecule has 0 aliphatic heterocycles. The van der Waals surface area contributed by atoms with Crippen molar-refractivity contribution < 1.29 is 9.26 Å². The van der Waals surface area contributed by atoms with E-state index in [1.807, 2.05) is 31.3 Å². The van der Waals surface area contributed by atoms with Gasteiger partial charge in [0.2, 0.25) is 5.89 Å². The van der Waals surface area contributed by atoms with Gasteiger partial charge in [-0.05, 0) is 37.7 Å². The molecule has 0 atom stereocenters. The minimum absolute atomic E-state index is 0.635. The van der Waals surface area contributed by atoms with Crippen molar-refractivity contribution in [3.05, 3.63) is 41.5 Å². The van der Waals surface area contributed by atoms with Gasteiger partial charge in [0.05, 0.1) is 13.5 Å². The minimum Gasteiger partial charge on any atom is -0.497 e. The lowest BCUT2D eigenvalue weighted by Crippen LogP contribution is -2.08. The molecule has 0 saturated carbocycles. The van der Waals surface area contributed by atoms with Crippen LogP contribution in [0, 0.1) is 0 Å². The van der Waals surface area contributed by atoms with E-state index in [9.17, 15) is 0 Å². The highest BCUT2D eigenvalue weighted by Gasteiger charge is 2.07. The fraction of sp³-hybridized carbons (Fsp3) is 0.429. The van der Waals surface area contributed by atoms with Gasteiger partial charge in [0, 0.05) is 6.42 Å². The van der Waals surface area contributed by atoms with Crippen LogP contribution in [0.3, 0.4) is 0 Å². The van der Waals surface area contributed by atoms with Gasteiger partial charge in [-0.25, -0.2) is 0 Å². The number of aryl methyl sites for hydroxylation is 1. The second-order valence-electron chi connectivity index (χ2n) is 4.34. The maximum Gasteiger partial charge on any atom is 0.231 e. The van der Waals surface area contributed by atoms with Gasteiger partial charge in [0.1, 0.15) is 5.75 Å². The summed E-state index contributed by atoms with van der Waals surface area (Å²) in [5, 5.41) is 7.08. The molecule has 5 nitrogen and oxygen atoms in total. The second-order valence-corrected chi connectivity index (χ2v) is 4.34. The first-order valence-corrected chi connectivity index (χ1v) is 6.41. The molecular formula is C14H19N3O2. The Hall–Kier alpha value is -1.88. The predicted octanol–water partition coefficient (Wildman–Crippen LogP) is 1.82. The zero-order chi connectivity index (χ0) is 13.5. The molecule has 102 valence electrons. The Morgan fingerprint density at radius 3 is 3.05 bits per heavy atom. The Kier molecular flexibility index (Phi) is 4.92. The summed E-state index contributed by atoms with van der Waals surface area (Å²) in [6, 6.07) is 7.87. The lowest BCUT2D eigenvalue weighted by Gasteiger charge is -2.01. The number of ether oxygens (including phenoxy) is 1. The van der Waals surface area contributed by atoms with Gasteiger partial charge in [0.25, 0.3) is 0 Å². The zero-order valence-corrected chi connectivity index (χ0v) is 11.3. The summed E-state index contributed by atoms with van der Waals surface area (Å²) in [4.78, 5) is 4.39. The largest absolute Gasteiger partial charge is 0.497 e. The molecule has 19 heavy (non-hydrogen) atoms. The van der Waals surface area contributed by atoms with E-state index < -0.39 is 0 Å². The average molecular weight is 261 g/mol. The Morgan fingerprint density at radius 2 is 2.26 bits per heavy atom. The third-order valence-electron chi connectivity index (χ3n) is 2.83. The molecule has 0 saturated heterocycles. The van der Waals surface area contributed by atoms with Crippen molar-refractivity contribution in [2.45, 2.75) is 19.3 Å². The summed E-state index contributed by atoms with van der Waals surface area (Å²) in [6.45, 7) is 0.958. The van der Waals surface area contributed by atoms with E-state index in [0.29, 0.717) is 12.3 Å². The van der Waals surface area contributed by atoms with Crippen molar-refractivity contribution in [2.24, 2.45) is 0 Å². The normalized spacial score (nSPS) is 10.6. The summed E-state index contributed by atoms with van der Waals surface area (Å²) >= 11 is 0. The van der Waals surface area contributed by atoms with E-state index in [2.05, 4.69) is 15.5 Å². The summed E-state index contributed by atoms with van der Waals surface area (Å²) in [5.41, 5.74) is 1.10. The molecule has 2 rings (SSSR count). The first-order chi connectivity index (χ1) is 9.31. The van der Waals surface area contributed by atoms with Crippen LogP contribution < -0.4 is 10.1 Å². The summed E-state index contributed by atoms with van der Waals surface area (Å²) in [6.07, 6.45) is 2.48. The third-order valence-corrected chi connectivity index (χ3v) is 2.83. The monoisotopic (exact) mass is 261 g/mol. The average Bonchev–Trinajstić information content (AvgIpc) is 2.87. The highest BCUT2D eigenvalue weighted by atomic mass is 16.5. The number of rotatable bonds is 7. The smallest absolute Gasteiger partial charge is 0.231 e. The standard InChI is InChI=1S/C14H19N3O2/c1-15-8-4-7-13-16-14(19-17-13)10-11-5-3-6-12(9-11)18-2/h3,5-6,9,15H,4,7-8,10H2,1-2H3. The van der Waals surface area contributed by atoms with Gasteiger partial charge in [-0.2, -0.15) is 4.98 Å². The van der Waals surface area contributed by atoms with Crippen LogP contribution in [0.5, 0.6) is 5.75 Å². The first kappa shape index (κ1) is 13.5. The topological polar surface area (TPSA) is 60.2 Å². The third kappa shape index (κ3) is 4.06. The van der Waals surface area contributed by atoms with Gasteiger partial charge in [-0.1, -0.05) is 17.3 Å². The molecule has 0 spiro atoms.